The van der Waals surface area contributed by atoms with Crippen LogP contribution in [0.2, 0.25) is 0 Å². The van der Waals surface area contributed by atoms with E-state index >= 15 is 0 Å². The molecule has 1 amide bonds. The number of nitrogens with zero attached hydrogens (tertiary/aromatic N) is 1. The lowest BCUT2D eigenvalue weighted by molar-refractivity contribution is 0.0951. The van der Waals surface area contributed by atoms with E-state index in [1.54, 1.807) is 12.1 Å². The van der Waals surface area contributed by atoms with Gasteiger partial charge in [-0.1, -0.05) is 24.3 Å². The fraction of sp³-hybridized carbons (Fsp3) is 0.200. The smallest absolute Gasteiger partial charge is 0.255 e. The SMILES string of the molecule is Cc1cc(Cc2ccc(CNC(=O)c3ccc(N)nc3N)cc2)sc1C. The van der Waals surface area contributed by atoms with Crippen molar-refractivity contribution < 1.29 is 4.79 Å². The monoisotopic (exact) mass is 366 g/mol. The number of nitrogen functional groups attached to an aromatic ring is 2. The Bertz CT molecular complexity index is 912. The predicted octanol–water partition coefficient (Wildman–Crippen LogP) is 3.45. The third-order valence-corrected chi connectivity index (χ3v) is 5.41. The molecule has 0 radical (unpaired) electrons. The highest BCUT2D eigenvalue weighted by Crippen LogP contribution is 2.23. The Morgan fingerprint density at radius 3 is 2.38 bits per heavy atom. The minimum atomic E-state index is -0.261. The summed E-state index contributed by atoms with van der Waals surface area (Å²) in [4.78, 5) is 18.9. The van der Waals surface area contributed by atoms with Gasteiger partial charge >= 0.3 is 0 Å². The van der Waals surface area contributed by atoms with Crippen LogP contribution in [0.1, 0.15) is 36.8 Å². The number of hydrogen-bond donors (Lipinski definition) is 3. The summed E-state index contributed by atoms with van der Waals surface area (Å²) in [5, 5.41) is 2.86. The summed E-state index contributed by atoms with van der Waals surface area (Å²) < 4.78 is 0. The Balaban J connectivity index is 1.59. The molecule has 0 atom stereocenters. The molecule has 0 bridgehead atoms. The first-order valence-electron chi connectivity index (χ1n) is 8.36. The number of nitrogens with one attached hydrogen (secondary N) is 1. The molecule has 5 N–H and O–H groups in total. The van der Waals surface area contributed by atoms with Crippen molar-refractivity contribution in [3.05, 3.63) is 74.5 Å². The number of thiophene rings is 1. The Morgan fingerprint density at radius 1 is 1.08 bits per heavy atom. The summed E-state index contributed by atoms with van der Waals surface area (Å²) in [6.07, 6.45) is 0.930. The average molecular weight is 366 g/mol. The largest absolute Gasteiger partial charge is 0.384 e. The van der Waals surface area contributed by atoms with Gasteiger partial charge < -0.3 is 16.8 Å². The van der Waals surface area contributed by atoms with Crippen molar-refractivity contribution in [1.82, 2.24) is 10.3 Å². The van der Waals surface area contributed by atoms with Gasteiger partial charge in [0.15, 0.2) is 0 Å². The zero-order valence-electron chi connectivity index (χ0n) is 14.9. The molecule has 0 saturated carbocycles. The van der Waals surface area contributed by atoms with Crippen LogP contribution in [0.3, 0.4) is 0 Å². The van der Waals surface area contributed by atoms with Gasteiger partial charge in [-0.15, -0.1) is 11.3 Å². The number of amides is 1. The van der Waals surface area contributed by atoms with Gasteiger partial charge in [0.1, 0.15) is 11.6 Å². The highest BCUT2D eigenvalue weighted by molar-refractivity contribution is 7.12. The lowest BCUT2D eigenvalue weighted by Gasteiger charge is -2.08. The molecular weight excluding hydrogens is 344 g/mol. The van der Waals surface area contributed by atoms with Gasteiger partial charge in [-0.2, -0.15) is 0 Å². The number of aromatic nitrogens is 1. The number of rotatable bonds is 5. The van der Waals surface area contributed by atoms with Crippen LogP contribution in [-0.2, 0) is 13.0 Å². The van der Waals surface area contributed by atoms with E-state index in [1.165, 1.54) is 20.9 Å². The van der Waals surface area contributed by atoms with Gasteiger partial charge in [-0.05, 0) is 48.7 Å². The number of benzene rings is 1. The first kappa shape index (κ1) is 17.9. The summed E-state index contributed by atoms with van der Waals surface area (Å²) >= 11 is 1.84. The third-order valence-electron chi connectivity index (χ3n) is 4.26. The van der Waals surface area contributed by atoms with Crippen LogP contribution in [0.15, 0.2) is 42.5 Å². The van der Waals surface area contributed by atoms with Crippen LogP contribution in [-0.4, -0.2) is 10.9 Å². The molecule has 0 saturated heterocycles. The normalized spacial score (nSPS) is 10.7. The van der Waals surface area contributed by atoms with Crippen molar-refractivity contribution in [2.75, 3.05) is 11.5 Å². The van der Waals surface area contributed by atoms with Crippen molar-refractivity contribution in [2.24, 2.45) is 0 Å². The van der Waals surface area contributed by atoms with Crippen molar-refractivity contribution in [3.63, 3.8) is 0 Å². The number of anilines is 2. The highest BCUT2D eigenvalue weighted by Gasteiger charge is 2.10. The van der Waals surface area contributed by atoms with Crippen molar-refractivity contribution in [3.8, 4) is 0 Å². The lowest BCUT2D eigenvalue weighted by Crippen LogP contribution is -2.24. The molecule has 5 nitrogen and oxygen atoms in total. The summed E-state index contributed by atoms with van der Waals surface area (Å²) in [6, 6.07) is 13.7. The molecule has 3 aromatic rings. The van der Waals surface area contributed by atoms with Crippen molar-refractivity contribution in [1.29, 1.82) is 0 Å². The minimum absolute atomic E-state index is 0.138. The molecular formula is C20H22N4OS. The van der Waals surface area contributed by atoms with E-state index in [9.17, 15) is 4.79 Å². The van der Waals surface area contributed by atoms with E-state index < -0.39 is 0 Å². The second-order valence-corrected chi connectivity index (χ2v) is 7.64. The molecule has 26 heavy (non-hydrogen) atoms. The highest BCUT2D eigenvalue weighted by atomic mass is 32.1. The molecule has 0 aliphatic carbocycles. The lowest BCUT2D eigenvalue weighted by atomic mass is 10.1. The Hall–Kier alpha value is -2.86. The number of hydrogen-bond acceptors (Lipinski definition) is 5. The standard InChI is InChI=1S/C20H22N4OS/c1-12-9-16(26-13(12)2)10-14-3-5-15(6-4-14)11-23-20(25)17-7-8-18(21)24-19(17)22/h3-9H,10-11H2,1-2H3,(H,23,25)(H4,21,22,24). The molecule has 0 spiro atoms. The van der Waals surface area contributed by atoms with E-state index in [1.807, 2.05) is 23.5 Å². The number of carbonyl (C=O) groups excluding carboxylic acids is 1. The van der Waals surface area contributed by atoms with Crippen LogP contribution >= 0.6 is 11.3 Å². The molecule has 0 unspecified atom stereocenters. The Kier molecular flexibility index (Phi) is 5.23. The van der Waals surface area contributed by atoms with Gasteiger partial charge in [0.05, 0.1) is 5.56 Å². The maximum absolute atomic E-state index is 12.2. The third kappa shape index (κ3) is 4.21. The van der Waals surface area contributed by atoms with Crippen molar-refractivity contribution in [2.45, 2.75) is 26.8 Å². The van der Waals surface area contributed by atoms with Crippen LogP contribution in [0.5, 0.6) is 0 Å². The molecule has 0 aliphatic rings. The van der Waals surface area contributed by atoms with Gasteiger partial charge in [0.25, 0.3) is 5.91 Å². The van der Waals surface area contributed by atoms with Crippen molar-refractivity contribution >= 4 is 28.9 Å². The topological polar surface area (TPSA) is 94.0 Å². The number of pyridine rings is 1. The molecule has 0 fully saturated rings. The van der Waals surface area contributed by atoms with Gasteiger partial charge in [0, 0.05) is 22.7 Å². The molecule has 2 heterocycles. The second-order valence-electron chi connectivity index (χ2n) is 6.30. The summed E-state index contributed by atoms with van der Waals surface area (Å²) in [5.41, 5.74) is 15.3. The predicted molar refractivity (Wildman–Crippen MR) is 107 cm³/mol. The molecule has 6 heteroatoms. The molecule has 1 aromatic carbocycles. The number of aryl methyl sites for hydroxylation is 2. The van der Waals surface area contributed by atoms with Crippen LogP contribution in [0.4, 0.5) is 11.6 Å². The van der Waals surface area contributed by atoms with Crippen LogP contribution < -0.4 is 16.8 Å². The summed E-state index contributed by atoms with van der Waals surface area (Å²) in [5.74, 6) is 0.175. The van der Waals surface area contributed by atoms with E-state index in [0.717, 1.165) is 12.0 Å². The summed E-state index contributed by atoms with van der Waals surface area (Å²) in [7, 11) is 0. The number of carbonyl (C=O) groups is 1. The Labute approximate surface area is 157 Å². The maximum atomic E-state index is 12.2. The Morgan fingerprint density at radius 2 is 1.77 bits per heavy atom. The van der Waals surface area contributed by atoms with E-state index in [0.29, 0.717) is 17.9 Å². The van der Waals surface area contributed by atoms with E-state index in [-0.39, 0.29) is 11.7 Å². The van der Waals surface area contributed by atoms with Crippen LogP contribution in [0, 0.1) is 13.8 Å². The second kappa shape index (κ2) is 7.58. The quantitative estimate of drug-likeness (QED) is 0.645. The molecule has 2 aromatic heterocycles. The van der Waals surface area contributed by atoms with E-state index in [4.69, 9.17) is 11.5 Å². The molecule has 134 valence electrons. The van der Waals surface area contributed by atoms with Gasteiger partial charge in [-0.3, -0.25) is 4.79 Å². The minimum Gasteiger partial charge on any atom is -0.384 e. The fourth-order valence-corrected chi connectivity index (χ4v) is 3.76. The zero-order chi connectivity index (χ0) is 18.7. The summed E-state index contributed by atoms with van der Waals surface area (Å²) in [6.45, 7) is 4.73. The first-order valence-corrected chi connectivity index (χ1v) is 9.18. The van der Waals surface area contributed by atoms with Crippen LogP contribution in [0.25, 0.3) is 0 Å². The average Bonchev–Trinajstić information content (AvgIpc) is 2.91. The molecule has 0 aliphatic heterocycles. The fourth-order valence-electron chi connectivity index (χ4n) is 2.67. The number of nitrogens with two attached hydrogens (primary N) is 2. The van der Waals surface area contributed by atoms with Gasteiger partial charge in [0.2, 0.25) is 0 Å². The van der Waals surface area contributed by atoms with Gasteiger partial charge in [-0.25, -0.2) is 4.98 Å². The zero-order valence-corrected chi connectivity index (χ0v) is 15.7. The molecule has 3 rings (SSSR count). The van der Waals surface area contributed by atoms with E-state index in [2.05, 4.69) is 42.3 Å². The first-order chi connectivity index (χ1) is 12.4. The maximum Gasteiger partial charge on any atom is 0.255 e.